The van der Waals surface area contributed by atoms with E-state index in [-0.39, 0.29) is 10.5 Å². The maximum absolute atomic E-state index is 12.8. The van der Waals surface area contributed by atoms with Crippen LogP contribution in [-0.2, 0) is 10.0 Å². The predicted octanol–water partition coefficient (Wildman–Crippen LogP) is 4.61. The first-order chi connectivity index (χ1) is 14.4. The number of para-hydroxylation sites is 1. The first-order valence-electron chi connectivity index (χ1n) is 9.23. The number of aryl methyl sites for hydroxylation is 1. The van der Waals surface area contributed by atoms with Crippen molar-refractivity contribution in [2.45, 2.75) is 11.8 Å². The van der Waals surface area contributed by atoms with E-state index in [2.05, 4.69) is 16.6 Å². The van der Waals surface area contributed by atoms with E-state index in [9.17, 15) is 13.2 Å². The van der Waals surface area contributed by atoms with Crippen LogP contribution in [-0.4, -0.2) is 20.9 Å². The fourth-order valence-corrected chi connectivity index (χ4v) is 4.07. The molecule has 0 radical (unpaired) electrons. The maximum Gasteiger partial charge on any atom is 0.262 e. The molecule has 0 aromatic heterocycles. The van der Waals surface area contributed by atoms with E-state index in [1.165, 1.54) is 6.07 Å². The summed E-state index contributed by atoms with van der Waals surface area (Å²) in [6.45, 7) is 5.67. The van der Waals surface area contributed by atoms with Gasteiger partial charge in [-0.3, -0.25) is 9.52 Å². The third kappa shape index (κ3) is 5.27. The summed E-state index contributed by atoms with van der Waals surface area (Å²) in [5.74, 6) is 0.245. The number of anilines is 2. The summed E-state index contributed by atoms with van der Waals surface area (Å²) in [5.41, 5.74) is 1.79. The molecule has 0 saturated heterocycles. The van der Waals surface area contributed by atoms with E-state index >= 15 is 0 Å². The second-order valence-corrected chi connectivity index (χ2v) is 8.18. The van der Waals surface area contributed by atoms with Gasteiger partial charge in [0.15, 0.2) is 0 Å². The summed E-state index contributed by atoms with van der Waals surface area (Å²) < 4.78 is 33.6. The highest BCUT2D eigenvalue weighted by atomic mass is 32.2. The molecule has 0 spiro atoms. The minimum Gasteiger partial charge on any atom is -0.490 e. The molecular formula is C23H22N2O4S. The molecule has 0 bridgehead atoms. The second kappa shape index (κ2) is 9.28. The average molecular weight is 423 g/mol. The summed E-state index contributed by atoms with van der Waals surface area (Å²) in [7, 11) is -3.84. The number of ether oxygens (including phenoxy) is 1. The number of carbonyl (C=O) groups excluding carboxylic acids is 1. The van der Waals surface area contributed by atoms with E-state index in [1.54, 1.807) is 79.7 Å². The zero-order valence-electron chi connectivity index (χ0n) is 16.5. The Hall–Kier alpha value is -3.58. The topological polar surface area (TPSA) is 84.5 Å². The number of hydrogen-bond donors (Lipinski definition) is 2. The molecule has 0 unspecified atom stereocenters. The third-order valence-corrected chi connectivity index (χ3v) is 5.77. The molecule has 0 aliphatic carbocycles. The summed E-state index contributed by atoms with van der Waals surface area (Å²) >= 11 is 0. The second-order valence-electron chi connectivity index (χ2n) is 6.53. The van der Waals surface area contributed by atoms with Crippen molar-refractivity contribution in [2.24, 2.45) is 0 Å². The Morgan fingerprint density at radius 3 is 2.37 bits per heavy atom. The smallest absolute Gasteiger partial charge is 0.262 e. The number of rotatable bonds is 8. The molecule has 6 nitrogen and oxygen atoms in total. The van der Waals surface area contributed by atoms with Gasteiger partial charge in [0, 0.05) is 16.9 Å². The van der Waals surface area contributed by atoms with Gasteiger partial charge in [-0.2, -0.15) is 0 Å². The van der Waals surface area contributed by atoms with Crippen LogP contribution >= 0.6 is 0 Å². The van der Waals surface area contributed by atoms with Crippen molar-refractivity contribution in [1.29, 1.82) is 0 Å². The Balaban J connectivity index is 1.78. The van der Waals surface area contributed by atoms with Crippen LogP contribution < -0.4 is 14.8 Å². The highest BCUT2D eigenvalue weighted by Crippen LogP contribution is 2.22. The van der Waals surface area contributed by atoms with Crippen molar-refractivity contribution < 1.29 is 17.9 Å². The Morgan fingerprint density at radius 1 is 1.00 bits per heavy atom. The number of amides is 1. The number of sulfonamides is 1. The van der Waals surface area contributed by atoms with E-state index in [0.29, 0.717) is 29.3 Å². The van der Waals surface area contributed by atoms with Crippen LogP contribution in [0.15, 0.2) is 90.3 Å². The standard InChI is InChI=1S/C23H22N2O4S/c1-3-15-29-21-13-11-19(12-14-21)24-23(26)18-10-9-17(2)22(16-18)30(27,28)25-20-7-5-4-6-8-20/h3-14,16,25H,1,15H2,2H3,(H,24,26). The number of carbonyl (C=O) groups is 1. The molecule has 154 valence electrons. The van der Waals surface area contributed by atoms with Crippen LogP contribution in [0.3, 0.4) is 0 Å². The molecule has 0 aliphatic heterocycles. The molecule has 3 aromatic carbocycles. The molecule has 7 heteroatoms. The summed E-state index contributed by atoms with van der Waals surface area (Å²) in [4.78, 5) is 12.7. The van der Waals surface area contributed by atoms with Crippen LogP contribution in [0, 0.1) is 6.92 Å². The van der Waals surface area contributed by atoms with Gasteiger partial charge in [-0.1, -0.05) is 36.9 Å². The van der Waals surface area contributed by atoms with Crippen molar-refractivity contribution in [2.75, 3.05) is 16.6 Å². The number of benzene rings is 3. The van der Waals surface area contributed by atoms with Crippen molar-refractivity contribution in [3.63, 3.8) is 0 Å². The van der Waals surface area contributed by atoms with Crippen molar-refractivity contribution in [3.05, 3.63) is 96.6 Å². The lowest BCUT2D eigenvalue weighted by Crippen LogP contribution is -2.17. The van der Waals surface area contributed by atoms with Crippen LogP contribution in [0.5, 0.6) is 5.75 Å². The van der Waals surface area contributed by atoms with E-state index < -0.39 is 15.9 Å². The van der Waals surface area contributed by atoms with Gasteiger partial charge in [-0.15, -0.1) is 0 Å². The highest BCUT2D eigenvalue weighted by molar-refractivity contribution is 7.92. The lowest BCUT2D eigenvalue weighted by molar-refractivity contribution is 0.102. The van der Waals surface area contributed by atoms with Crippen LogP contribution in [0.1, 0.15) is 15.9 Å². The summed E-state index contributed by atoms with van der Waals surface area (Å²) in [6, 6.07) is 20.0. The van der Waals surface area contributed by atoms with Crippen LogP contribution in [0.2, 0.25) is 0 Å². The predicted molar refractivity (Wildman–Crippen MR) is 119 cm³/mol. The Labute approximate surface area is 176 Å². The van der Waals surface area contributed by atoms with Gasteiger partial charge in [0.2, 0.25) is 0 Å². The molecular weight excluding hydrogens is 400 g/mol. The monoisotopic (exact) mass is 422 g/mol. The van der Waals surface area contributed by atoms with E-state index in [0.717, 1.165) is 0 Å². The van der Waals surface area contributed by atoms with Crippen molar-refractivity contribution >= 4 is 27.3 Å². The molecule has 0 fully saturated rings. The fourth-order valence-electron chi connectivity index (χ4n) is 2.74. The van der Waals surface area contributed by atoms with Crippen LogP contribution in [0.25, 0.3) is 0 Å². The first kappa shape index (κ1) is 21.1. The SMILES string of the molecule is C=CCOc1ccc(NC(=O)c2ccc(C)c(S(=O)(=O)Nc3ccccc3)c2)cc1. The van der Waals surface area contributed by atoms with Gasteiger partial charge in [0.25, 0.3) is 15.9 Å². The Kier molecular flexibility index (Phi) is 6.54. The van der Waals surface area contributed by atoms with Gasteiger partial charge < -0.3 is 10.1 Å². The molecule has 2 N–H and O–H groups in total. The first-order valence-corrected chi connectivity index (χ1v) is 10.7. The van der Waals surface area contributed by atoms with Gasteiger partial charge in [-0.25, -0.2) is 8.42 Å². The van der Waals surface area contributed by atoms with Gasteiger partial charge in [-0.05, 0) is 61.0 Å². The lowest BCUT2D eigenvalue weighted by atomic mass is 10.1. The zero-order chi connectivity index (χ0) is 21.6. The molecule has 0 heterocycles. The molecule has 0 atom stereocenters. The summed E-state index contributed by atoms with van der Waals surface area (Å²) in [5, 5.41) is 2.76. The average Bonchev–Trinajstić information content (AvgIpc) is 2.73. The quantitative estimate of drug-likeness (QED) is 0.519. The molecule has 0 saturated carbocycles. The number of nitrogens with one attached hydrogen (secondary N) is 2. The fraction of sp³-hybridized carbons (Fsp3) is 0.0870. The van der Waals surface area contributed by atoms with Gasteiger partial charge in [0.1, 0.15) is 12.4 Å². The maximum atomic E-state index is 12.8. The third-order valence-electron chi connectivity index (χ3n) is 4.25. The molecule has 30 heavy (non-hydrogen) atoms. The molecule has 3 aromatic rings. The Morgan fingerprint density at radius 2 is 1.70 bits per heavy atom. The van der Waals surface area contributed by atoms with Crippen LogP contribution in [0.4, 0.5) is 11.4 Å². The van der Waals surface area contributed by atoms with E-state index in [1.807, 2.05) is 0 Å². The summed E-state index contributed by atoms with van der Waals surface area (Å²) in [6.07, 6.45) is 1.64. The molecule has 3 rings (SSSR count). The number of hydrogen-bond acceptors (Lipinski definition) is 4. The van der Waals surface area contributed by atoms with Crippen molar-refractivity contribution in [1.82, 2.24) is 0 Å². The minimum absolute atomic E-state index is 0.0483. The molecule has 1 amide bonds. The zero-order valence-corrected chi connectivity index (χ0v) is 17.3. The highest BCUT2D eigenvalue weighted by Gasteiger charge is 2.19. The van der Waals surface area contributed by atoms with Crippen molar-refractivity contribution in [3.8, 4) is 5.75 Å². The van der Waals surface area contributed by atoms with Gasteiger partial charge in [0.05, 0.1) is 4.90 Å². The minimum atomic E-state index is -3.84. The van der Waals surface area contributed by atoms with E-state index in [4.69, 9.17) is 4.74 Å². The Bertz CT molecular complexity index is 1140. The lowest BCUT2D eigenvalue weighted by Gasteiger charge is -2.12. The normalized spacial score (nSPS) is 10.8. The largest absolute Gasteiger partial charge is 0.490 e. The van der Waals surface area contributed by atoms with Gasteiger partial charge >= 0.3 is 0 Å². The molecule has 0 aliphatic rings.